The van der Waals surface area contributed by atoms with E-state index in [-0.39, 0.29) is 12.5 Å². The molecule has 2 rings (SSSR count). The number of carbonyl (C=O) groups excluding carboxylic acids is 1. The molecule has 0 saturated carbocycles. The molecule has 1 aromatic carbocycles. The Morgan fingerprint density at radius 2 is 2.19 bits per heavy atom. The van der Waals surface area contributed by atoms with Gasteiger partial charge in [-0.2, -0.15) is 0 Å². The van der Waals surface area contributed by atoms with Crippen LogP contribution in [-0.4, -0.2) is 40.6 Å². The Kier molecular flexibility index (Phi) is 4.42. The highest BCUT2D eigenvalue weighted by Gasteiger charge is 2.45. The van der Waals surface area contributed by atoms with Crippen LogP contribution < -0.4 is 4.74 Å². The van der Waals surface area contributed by atoms with E-state index in [2.05, 4.69) is 0 Å². The number of aliphatic carboxylic acids is 1. The van der Waals surface area contributed by atoms with Crippen LogP contribution in [0.3, 0.4) is 0 Å². The summed E-state index contributed by atoms with van der Waals surface area (Å²) >= 11 is 5.86. The van der Waals surface area contributed by atoms with Gasteiger partial charge in [-0.05, 0) is 50.5 Å². The summed E-state index contributed by atoms with van der Waals surface area (Å²) in [6, 6.07) is 5.13. The van der Waals surface area contributed by atoms with Gasteiger partial charge < -0.3 is 14.7 Å². The Labute approximate surface area is 128 Å². The highest BCUT2D eigenvalue weighted by Crippen LogP contribution is 2.29. The summed E-state index contributed by atoms with van der Waals surface area (Å²) in [6.07, 6.45) is 1.16. The molecular formula is C15H18ClNO4. The van der Waals surface area contributed by atoms with E-state index in [1.807, 2.05) is 6.92 Å². The highest BCUT2D eigenvalue weighted by molar-refractivity contribution is 6.30. The third-order valence-corrected chi connectivity index (χ3v) is 4.13. The first-order valence-corrected chi connectivity index (χ1v) is 7.15. The van der Waals surface area contributed by atoms with Gasteiger partial charge in [-0.1, -0.05) is 11.6 Å². The van der Waals surface area contributed by atoms with Gasteiger partial charge in [0.2, 0.25) is 0 Å². The molecular weight excluding hydrogens is 294 g/mol. The number of benzene rings is 1. The van der Waals surface area contributed by atoms with Gasteiger partial charge in [-0.25, -0.2) is 4.79 Å². The molecule has 6 heteroatoms. The van der Waals surface area contributed by atoms with Crippen LogP contribution in [-0.2, 0) is 9.59 Å². The number of aryl methyl sites for hydroxylation is 1. The highest BCUT2D eigenvalue weighted by atomic mass is 35.5. The van der Waals surface area contributed by atoms with Crippen LogP contribution in [0.5, 0.6) is 5.75 Å². The Bertz CT molecular complexity index is 575. The Hall–Kier alpha value is -1.75. The van der Waals surface area contributed by atoms with Crippen LogP contribution in [0.15, 0.2) is 18.2 Å². The first-order chi connectivity index (χ1) is 9.84. The minimum Gasteiger partial charge on any atom is -0.483 e. The second kappa shape index (κ2) is 5.93. The topological polar surface area (TPSA) is 66.8 Å². The van der Waals surface area contributed by atoms with Crippen LogP contribution in [0.2, 0.25) is 5.02 Å². The van der Waals surface area contributed by atoms with E-state index in [1.165, 1.54) is 4.90 Å². The minimum atomic E-state index is -1.13. The van der Waals surface area contributed by atoms with Crippen molar-refractivity contribution >= 4 is 23.5 Å². The normalized spacial score (nSPS) is 21.4. The summed E-state index contributed by atoms with van der Waals surface area (Å²) in [6.45, 7) is 3.69. The second-order valence-corrected chi connectivity index (χ2v) is 5.86. The molecule has 1 aliphatic heterocycles. The average molecular weight is 312 g/mol. The van der Waals surface area contributed by atoms with Crippen LogP contribution in [0, 0.1) is 6.92 Å². The molecule has 1 atom stereocenters. The molecule has 1 fully saturated rings. The standard InChI is InChI=1S/C15H18ClNO4/c1-10-8-11(16)4-5-12(10)21-9-13(18)17-7-3-6-15(17,2)14(19)20/h4-5,8H,3,6-7,9H2,1-2H3,(H,19,20). The number of ether oxygens (including phenoxy) is 1. The summed E-state index contributed by atoms with van der Waals surface area (Å²) in [7, 11) is 0. The van der Waals surface area contributed by atoms with Gasteiger partial charge in [-0.15, -0.1) is 0 Å². The maximum absolute atomic E-state index is 12.2. The molecule has 0 spiro atoms. The number of likely N-dealkylation sites (tertiary alicyclic amines) is 1. The SMILES string of the molecule is Cc1cc(Cl)ccc1OCC(=O)N1CCCC1(C)C(=O)O. The number of amides is 1. The van der Waals surface area contributed by atoms with Crippen LogP contribution in [0.4, 0.5) is 0 Å². The van der Waals surface area contributed by atoms with E-state index in [4.69, 9.17) is 16.3 Å². The predicted octanol–water partition coefficient (Wildman–Crippen LogP) is 2.49. The Balaban J connectivity index is 2.03. The van der Waals surface area contributed by atoms with Crippen molar-refractivity contribution in [2.24, 2.45) is 0 Å². The molecule has 114 valence electrons. The number of rotatable bonds is 4. The number of hydrogen-bond donors (Lipinski definition) is 1. The number of halogens is 1. The third kappa shape index (κ3) is 3.13. The lowest BCUT2D eigenvalue weighted by molar-refractivity contribution is -0.156. The molecule has 1 unspecified atom stereocenters. The zero-order valence-corrected chi connectivity index (χ0v) is 12.8. The van der Waals surface area contributed by atoms with Gasteiger partial charge in [0.15, 0.2) is 6.61 Å². The van der Waals surface area contributed by atoms with Crippen LogP contribution >= 0.6 is 11.6 Å². The molecule has 0 radical (unpaired) electrons. The minimum absolute atomic E-state index is 0.175. The van der Waals surface area contributed by atoms with Crippen molar-refractivity contribution in [1.29, 1.82) is 0 Å². The lowest BCUT2D eigenvalue weighted by Crippen LogP contribution is -2.52. The predicted molar refractivity (Wildman–Crippen MR) is 78.7 cm³/mol. The van der Waals surface area contributed by atoms with E-state index in [1.54, 1.807) is 25.1 Å². The fraction of sp³-hybridized carbons (Fsp3) is 0.467. The molecule has 1 aromatic rings. The van der Waals surface area contributed by atoms with E-state index in [9.17, 15) is 14.7 Å². The number of carboxylic acids is 1. The molecule has 0 aliphatic carbocycles. The van der Waals surface area contributed by atoms with E-state index in [0.29, 0.717) is 30.2 Å². The lowest BCUT2D eigenvalue weighted by atomic mass is 9.99. The van der Waals surface area contributed by atoms with Crippen molar-refractivity contribution in [2.45, 2.75) is 32.2 Å². The van der Waals surface area contributed by atoms with Gasteiger partial charge in [0, 0.05) is 11.6 Å². The molecule has 0 aromatic heterocycles. The Morgan fingerprint density at radius 1 is 1.48 bits per heavy atom. The molecule has 1 aliphatic rings. The number of carboxylic acid groups (broad SMARTS) is 1. The van der Waals surface area contributed by atoms with Crippen molar-refractivity contribution in [3.05, 3.63) is 28.8 Å². The molecule has 5 nitrogen and oxygen atoms in total. The van der Waals surface area contributed by atoms with E-state index < -0.39 is 11.5 Å². The summed E-state index contributed by atoms with van der Waals surface area (Å²) < 4.78 is 5.50. The average Bonchev–Trinajstić information content (AvgIpc) is 2.81. The molecule has 21 heavy (non-hydrogen) atoms. The number of hydrogen-bond acceptors (Lipinski definition) is 3. The number of nitrogens with zero attached hydrogens (tertiary/aromatic N) is 1. The van der Waals surface area contributed by atoms with Crippen molar-refractivity contribution in [1.82, 2.24) is 4.90 Å². The summed E-state index contributed by atoms with van der Waals surface area (Å²) in [5, 5.41) is 9.90. The smallest absolute Gasteiger partial charge is 0.329 e. The first-order valence-electron chi connectivity index (χ1n) is 6.77. The quantitative estimate of drug-likeness (QED) is 0.927. The maximum Gasteiger partial charge on any atom is 0.329 e. The zero-order valence-electron chi connectivity index (χ0n) is 12.1. The van der Waals surface area contributed by atoms with Crippen LogP contribution in [0.25, 0.3) is 0 Å². The van der Waals surface area contributed by atoms with Crippen molar-refractivity contribution in [3.63, 3.8) is 0 Å². The maximum atomic E-state index is 12.2. The van der Waals surface area contributed by atoms with Crippen molar-refractivity contribution in [3.8, 4) is 5.75 Å². The van der Waals surface area contributed by atoms with Gasteiger partial charge in [0.05, 0.1) is 0 Å². The fourth-order valence-electron chi connectivity index (χ4n) is 2.58. The van der Waals surface area contributed by atoms with Gasteiger partial charge in [0.1, 0.15) is 11.3 Å². The summed E-state index contributed by atoms with van der Waals surface area (Å²) in [5.41, 5.74) is -0.298. The van der Waals surface area contributed by atoms with Gasteiger partial charge in [0.25, 0.3) is 5.91 Å². The van der Waals surface area contributed by atoms with Crippen LogP contribution in [0.1, 0.15) is 25.3 Å². The number of carbonyl (C=O) groups is 2. The van der Waals surface area contributed by atoms with Crippen molar-refractivity contribution < 1.29 is 19.4 Å². The summed E-state index contributed by atoms with van der Waals surface area (Å²) in [5.74, 6) is -0.716. The zero-order chi connectivity index (χ0) is 15.6. The fourth-order valence-corrected chi connectivity index (χ4v) is 2.80. The lowest BCUT2D eigenvalue weighted by Gasteiger charge is -2.31. The van der Waals surface area contributed by atoms with E-state index >= 15 is 0 Å². The molecule has 1 heterocycles. The second-order valence-electron chi connectivity index (χ2n) is 5.43. The molecule has 0 bridgehead atoms. The summed E-state index contributed by atoms with van der Waals surface area (Å²) in [4.78, 5) is 25.0. The molecule has 1 N–H and O–H groups in total. The van der Waals surface area contributed by atoms with Gasteiger partial charge >= 0.3 is 5.97 Å². The first kappa shape index (κ1) is 15.6. The van der Waals surface area contributed by atoms with E-state index in [0.717, 1.165) is 5.56 Å². The molecule has 1 saturated heterocycles. The third-order valence-electron chi connectivity index (χ3n) is 3.89. The Morgan fingerprint density at radius 3 is 2.81 bits per heavy atom. The largest absolute Gasteiger partial charge is 0.483 e. The molecule has 1 amide bonds. The van der Waals surface area contributed by atoms with Gasteiger partial charge in [-0.3, -0.25) is 4.79 Å². The monoisotopic (exact) mass is 311 g/mol. The van der Waals surface area contributed by atoms with Crippen molar-refractivity contribution in [2.75, 3.05) is 13.2 Å².